The molecule has 0 aromatic heterocycles. The van der Waals surface area contributed by atoms with Crippen LogP contribution in [0.15, 0.2) is 0 Å². The number of nitrogens with one attached hydrogen (secondary N) is 1. The normalized spacial score (nSPS) is 52.5. The fraction of sp³-hybridized carbons (Fsp3) is 1.00. The molecular formula is C12H21NO. The van der Waals surface area contributed by atoms with Crippen LogP contribution in [0.1, 0.15) is 39.0 Å². The van der Waals surface area contributed by atoms with Gasteiger partial charge < -0.3 is 10.1 Å². The molecule has 2 heteroatoms. The number of rotatable bonds is 1. The van der Waals surface area contributed by atoms with Crippen LogP contribution < -0.4 is 5.32 Å². The molecule has 0 aromatic rings. The summed E-state index contributed by atoms with van der Waals surface area (Å²) in [4.78, 5) is 0. The van der Waals surface area contributed by atoms with Crippen LogP contribution in [0.25, 0.3) is 0 Å². The van der Waals surface area contributed by atoms with Gasteiger partial charge in [-0.2, -0.15) is 0 Å². The lowest BCUT2D eigenvalue weighted by atomic mass is 9.66. The van der Waals surface area contributed by atoms with E-state index < -0.39 is 0 Å². The molecule has 3 rings (SSSR count). The van der Waals surface area contributed by atoms with E-state index in [1.807, 2.05) is 0 Å². The van der Waals surface area contributed by atoms with Crippen LogP contribution in [-0.2, 0) is 4.74 Å². The number of ether oxygens (including phenoxy) is 1. The van der Waals surface area contributed by atoms with Crippen molar-refractivity contribution in [1.29, 1.82) is 0 Å². The first kappa shape index (κ1) is 9.17. The maximum Gasteiger partial charge on any atom is 0.0614 e. The highest BCUT2D eigenvalue weighted by molar-refractivity contribution is 4.99. The van der Waals surface area contributed by atoms with Gasteiger partial charge in [-0.3, -0.25) is 0 Å². The van der Waals surface area contributed by atoms with Gasteiger partial charge in [-0.05, 0) is 50.0 Å². The Morgan fingerprint density at radius 3 is 2.86 bits per heavy atom. The lowest BCUT2D eigenvalue weighted by Crippen LogP contribution is -2.45. The molecule has 2 bridgehead atoms. The zero-order valence-corrected chi connectivity index (χ0v) is 9.09. The van der Waals surface area contributed by atoms with E-state index in [1.165, 1.54) is 45.2 Å². The molecule has 4 atom stereocenters. The Labute approximate surface area is 86.4 Å². The Kier molecular flexibility index (Phi) is 2.10. The third kappa shape index (κ3) is 1.31. The first-order valence-electron chi connectivity index (χ1n) is 6.14. The Balaban J connectivity index is 1.74. The molecular weight excluding hydrogens is 174 g/mol. The molecule has 4 unspecified atom stereocenters. The highest BCUT2D eigenvalue weighted by atomic mass is 16.5. The van der Waals surface area contributed by atoms with Crippen molar-refractivity contribution in [2.24, 2.45) is 11.3 Å². The van der Waals surface area contributed by atoms with E-state index in [-0.39, 0.29) is 0 Å². The average Bonchev–Trinajstić information content (AvgIpc) is 2.80. The predicted molar refractivity (Wildman–Crippen MR) is 56.2 cm³/mol. The summed E-state index contributed by atoms with van der Waals surface area (Å²) >= 11 is 0. The van der Waals surface area contributed by atoms with E-state index in [1.54, 1.807) is 0 Å². The molecule has 3 fully saturated rings. The van der Waals surface area contributed by atoms with Crippen molar-refractivity contribution in [3.63, 3.8) is 0 Å². The third-order valence-electron chi connectivity index (χ3n) is 4.63. The molecule has 1 N–H and O–H groups in total. The van der Waals surface area contributed by atoms with E-state index in [4.69, 9.17) is 4.74 Å². The van der Waals surface area contributed by atoms with Gasteiger partial charge in [0, 0.05) is 6.54 Å². The molecule has 3 heterocycles. The van der Waals surface area contributed by atoms with Gasteiger partial charge in [-0.1, -0.05) is 6.92 Å². The minimum absolute atomic E-state index is 0.526. The van der Waals surface area contributed by atoms with Gasteiger partial charge in [-0.25, -0.2) is 0 Å². The molecule has 14 heavy (non-hydrogen) atoms. The van der Waals surface area contributed by atoms with Crippen LogP contribution in [0.2, 0.25) is 0 Å². The lowest BCUT2D eigenvalue weighted by Gasteiger charge is -2.42. The highest BCUT2D eigenvalue weighted by Gasteiger charge is 2.49. The van der Waals surface area contributed by atoms with E-state index >= 15 is 0 Å². The standard InChI is InChI=1S/C12H21NO/c1-12(5-2-6-13-8-12)10-7-9-3-4-11(10)14-9/h9-11,13H,2-8H2,1H3. The Morgan fingerprint density at radius 1 is 1.36 bits per heavy atom. The van der Waals surface area contributed by atoms with Crippen molar-refractivity contribution in [3.05, 3.63) is 0 Å². The third-order valence-corrected chi connectivity index (χ3v) is 4.63. The zero-order chi connectivity index (χ0) is 9.60. The van der Waals surface area contributed by atoms with Crippen molar-refractivity contribution in [3.8, 4) is 0 Å². The number of hydrogen-bond donors (Lipinski definition) is 1. The zero-order valence-electron chi connectivity index (χ0n) is 9.09. The summed E-state index contributed by atoms with van der Waals surface area (Å²) < 4.78 is 5.98. The average molecular weight is 195 g/mol. The highest BCUT2D eigenvalue weighted by Crippen LogP contribution is 2.49. The van der Waals surface area contributed by atoms with Gasteiger partial charge in [0.2, 0.25) is 0 Å². The largest absolute Gasteiger partial charge is 0.375 e. The summed E-state index contributed by atoms with van der Waals surface area (Å²) in [6.45, 7) is 4.90. The summed E-state index contributed by atoms with van der Waals surface area (Å²) in [6.07, 6.45) is 7.95. The topological polar surface area (TPSA) is 21.3 Å². The second-order valence-corrected chi connectivity index (χ2v) is 5.65. The van der Waals surface area contributed by atoms with Crippen LogP contribution in [-0.4, -0.2) is 25.3 Å². The van der Waals surface area contributed by atoms with Crippen molar-refractivity contribution in [2.45, 2.75) is 51.2 Å². The monoisotopic (exact) mass is 195 g/mol. The predicted octanol–water partition coefficient (Wildman–Crippen LogP) is 1.94. The smallest absolute Gasteiger partial charge is 0.0614 e. The molecule has 0 saturated carbocycles. The molecule has 3 aliphatic heterocycles. The minimum atomic E-state index is 0.526. The number of fused-ring (bicyclic) bond motifs is 2. The summed E-state index contributed by atoms with van der Waals surface area (Å²) in [6, 6.07) is 0. The summed E-state index contributed by atoms with van der Waals surface area (Å²) in [5.74, 6) is 0.842. The second kappa shape index (κ2) is 3.21. The second-order valence-electron chi connectivity index (χ2n) is 5.65. The molecule has 0 radical (unpaired) electrons. The number of hydrogen-bond acceptors (Lipinski definition) is 2. The minimum Gasteiger partial charge on any atom is -0.375 e. The SMILES string of the molecule is CC1(C2CC3CCC2O3)CCCNC1. The molecule has 80 valence electrons. The van der Waals surface area contributed by atoms with Crippen molar-refractivity contribution >= 4 is 0 Å². The van der Waals surface area contributed by atoms with Crippen LogP contribution in [0, 0.1) is 11.3 Å². The van der Waals surface area contributed by atoms with Crippen LogP contribution in [0.4, 0.5) is 0 Å². The van der Waals surface area contributed by atoms with Crippen LogP contribution in [0.3, 0.4) is 0 Å². The van der Waals surface area contributed by atoms with Crippen molar-refractivity contribution in [2.75, 3.05) is 13.1 Å². The quantitative estimate of drug-likeness (QED) is 0.690. The summed E-state index contributed by atoms with van der Waals surface area (Å²) in [5.41, 5.74) is 0.526. The van der Waals surface area contributed by atoms with E-state index in [2.05, 4.69) is 12.2 Å². The summed E-state index contributed by atoms with van der Waals surface area (Å²) in [7, 11) is 0. The van der Waals surface area contributed by atoms with Gasteiger partial charge in [0.05, 0.1) is 12.2 Å². The fourth-order valence-corrected chi connectivity index (χ4v) is 3.77. The molecule has 0 aliphatic carbocycles. The Bertz CT molecular complexity index is 222. The first-order valence-corrected chi connectivity index (χ1v) is 6.14. The van der Waals surface area contributed by atoms with Gasteiger partial charge in [0.1, 0.15) is 0 Å². The van der Waals surface area contributed by atoms with Crippen LogP contribution >= 0.6 is 0 Å². The molecule has 0 aromatic carbocycles. The maximum absolute atomic E-state index is 5.98. The molecule has 0 spiro atoms. The van der Waals surface area contributed by atoms with Gasteiger partial charge in [0.15, 0.2) is 0 Å². The Hall–Kier alpha value is -0.0800. The summed E-state index contributed by atoms with van der Waals surface area (Å²) in [5, 5.41) is 3.56. The van der Waals surface area contributed by atoms with Crippen molar-refractivity contribution < 1.29 is 4.74 Å². The molecule has 2 nitrogen and oxygen atoms in total. The molecule has 3 saturated heterocycles. The van der Waals surface area contributed by atoms with Crippen molar-refractivity contribution in [1.82, 2.24) is 5.32 Å². The molecule has 3 aliphatic rings. The van der Waals surface area contributed by atoms with E-state index in [0.717, 1.165) is 5.92 Å². The van der Waals surface area contributed by atoms with E-state index in [9.17, 15) is 0 Å². The fourth-order valence-electron chi connectivity index (χ4n) is 3.77. The molecule has 0 amide bonds. The van der Waals surface area contributed by atoms with Gasteiger partial charge in [0.25, 0.3) is 0 Å². The van der Waals surface area contributed by atoms with Gasteiger partial charge in [-0.15, -0.1) is 0 Å². The van der Waals surface area contributed by atoms with E-state index in [0.29, 0.717) is 17.6 Å². The number of piperidine rings is 1. The van der Waals surface area contributed by atoms with Crippen LogP contribution in [0.5, 0.6) is 0 Å². The first-order chi connectivity index (χ1) is 6.78. The lowest BCUT2D eigenvalue weighted by molar-refractivity contribution is 0.0453. The maximum atomic E-state index is 5.98. The van der Waals surface area contributed by atoms with Gasteiger partial charge >= 0.3 is 0 Å². The Morgan fingerprint density at radius 2 is 2.29 bits per heavy atom.